The third-order valence-corrected chi connectivity index (χ3v) is 30.5. The van der Waals surface area contributed by atoms with E-state index in [1.807, 2.05) is 127 Å². The highest BCUT2D eigenvalue weighted by Crippen LogP contribution is 2.58. The molecule has 3 aliphatic rings. The third-order valence-electron chi connectivity index (χ3n) is 23.2. The topological polar surface area (TPSA) is 237 Å². The van der Waals surface area contributed by atoms with E-state index in [9.17, 15) is 42.5 Å². The highest BCUT2D eigenvalue weighted by atomic mass is 31.2. The van der Waals surface area contributed by atoms with Crippen LogP contribution in [-0.4, -0.2) is 91.9 Å². The van der Waals surface area contributed by atoms with Crippen LogP contribution in [0.5, 0.6) is 17.2 Å². The van der Waals surface area contributed by atoms with Crippen molar-refractivity contribution in [2.45, 2.75) is 328 Å². The molecule has 3 aliphatic heterocycles. The van der Waals surface area contributed by atoms with E-state index < -0.39 is 70.3 Å². The molecule has 7 unspecified atom stereocenters. The third kappa shape index (κ3) is 33.2. The van der Waals surface area contributed by atoms with Crippen molar-refractivity contribution in [1.29, 1.82) is 0 Å². The van der Waals surface area contributed by atoms with E-state index in [0.29, 0.717) is 90.9 Å². The largest absolute Gasteiger partial charge is 0.462 e. The molecule has 0 spiro atoms. The molecule has 0 fully saturated rings. The van der Waals surface area contributed by atoms with Gasteiger partial charge >= 0.3 is 35.8 Å². The molecule has 0 radical (unpaired) electrons. The van der Waals surface area contributed by atoms with Crippen LogP contribution in [0.4, 0.5) is 0 Å². The average Bonchev–Trinajstić information content (AvgIpc) is 0.764. The number of benzene rings is 6. The zero-order valence-corrected chi connectivity index (χ0v) is 75.3. The smallest absolute Gasteiger partial charge is 0.306 e. The van der Waals surface area contributed by atoms with Gasteiger partial charge in [-0.15, -0.1) is 0 Å². The fourth-order valence-electron chi connectivity index (χ4n) is 16.4. The first-order valence-electron chi connectivity index (χ1n) is 46.2. The Balaban J connectivity index is 0.721. The van der Waals surface area contributed by atoms with Crippen LogP contribution in [0.1, 0.15) is 303 Å². The van der Waals surface area contributed by atoms with Gasteiger partial charge in [-0.05, 0) is 169 Å². The van der Waals surface area contributed by atoms with E-state index in [1.54, 1.807) is 18.2 Å². The summed E-state index contributed by atoms with van der Waals surface area (Å²) >= 11 is 0. The molecule has 0 aliphatic carbocycles. The van der Waals surface area contributed by atoms with Gasteiger partial charge in [-0.2, -0.15) is 0 Å². The summed E-state index contributed by atoms with van der Waals surface area (Å²) in [7, 11) is -10.4. The zero-order valence-electron chi connectivity index (χ0n) is 72.7. The lowest BCUT2D eigenvalue weighted by atomic mass is 10.00. The van der Waals surface area contributed by atoms with Crippen molar-refractivity contribution in [1.82, 2.24) is 0 Å². The van der Waals surface area contributed by atoms with E-state index in [0.717, 1.165) is 168 Å². The van der Waals surface area contributed by atoms with E-state index in [-0.39, 0.29) is 82.3 Å². The van der Waals surface area contributed by atoms with E-state index >= 15 is 0 Å². The van der Waals surface area contributed by atoms with Gasteiger partial charge in [-0.1, -0.05) is 271 Å². The number of para-hydroxylation sites is 3. The van der Waals surface area contributed by atoms with Crippen LogP contribution in [0, 0.1) is 0 Å². The quantitative estimate of drug-likeness (QED) is 0.0113. The summed E-state index contributed by atoms with van der Waals surface area (Å²) in [6.07, 6.45) is 37.4. The van der Waals surface area contributed by atoms with Gasteiger partial charge in [0.1, 0.15) is 48.8 Å². The van der Waals surface area contributed by atoms with Crippen molar-refractivity contribution < 1.29 is 84.5 Å². The second-order valence-electron chi connectivity index (χ2n) is 33.1. The summed E-state index contributed by atoms with van der Waals surface area (Å²) in [5, 5.41) is 1.80. The SMILES string of the molecule is CCCCCC/C=C/CCCCCCCC(=O)OC(COC(=O)CCCCCCCC(CCCCCCCCC)OC(=O)CCP1(=O)Oc2ccccc2-c2ccccc21)COC(=O)CCCCCCCC(CCCC(CCCCC)OC(=O)CCP1(=O)Oc2ccccc2-c2ccccc21)OC(=O)CCP1(=O)Oc2ccccc2-c2ccccc21. The van der Waals surface area contributed by atoms with Crippen LogP contribution in [-0.2, 0) is 70.9 Å². The molecule has 0 aromatic heterocycles. The molecule has 0 N–H and O–H groups in total. The summed E-state index contributed by atoms with van der Waals surface area (Å²) in [6.45, 7) is 6.06. The summed E-state index contributed by atoms with van der Waals surface area (Å²) in [5.41, 5.74) is 5.11. The summed E-state index contributed by atoms with van der Waals surface area (Å²) in [6, 6.07) is 45.0. The second-order valence-corrected chi connectivity index (χ2v) is 40.5. The zero-order chi connectivity index (χ0) is 85.6. The minimum Gasteiger partial charge on any atom is -0.462 e. The first-order chi connectivity index (χ1) is 59.0. The molecule has 660 valence electrons. The number of carbonyl (C=O) groups is 6. The predicted molar refractivity (Wildman–Crippen MR) is 485 cm³/mol. The Kier molecular flexibility index (Phi) is 43.1. The Morgan fingerprint density at radius 1 is 0.273 bits per heavy atom. The van der Waals surface area contributed by atoms with Gasteiger partial charge in [-0.25, -0.2) is 0 Å². The van der Waals surface area contributed by atoms with Gasteiger partial charge < -0.3 is 42.0 Å². The molecule has 121 heavy (non-hydrogen) atoms. The standard InChI is InChI=1S/C100H137O18P3/c1-4-7-10-12-14-15-16-17-18-19-21-27-36-70-97(103)115-82(77-110-95(101)68-34-28-22-25-32-52-79(51-31-24-20-13-11-8-5-2)112-98(104)71-74-119(107)92-65-46-40-59-86(92)83-56-37-43-62-89(83)116-119)78-111-96(102)69-35-29-23-26-33-53-81(114-100(106)73-76-121(109)94-67-48-42-61-88(94)85-58-39-45-64-91(85)118-121)55-49-54-80(50-30-9-6-3)113-99(105)72-75-120(108)93-66-47-41-60-87(93)84-57-38-44-63-90(84)117-120/h15-16,37-48,56-67,79-82H,4-14,17-36,49-55,68-78H2,1-3H3/b16-15+. The Morgan fingerprint density at radius 2 is 0.521 bits per heavy atom. The number of hydrogen-bond donors (Lipinski definition) is 0. The number of allylic oxidation sites excluding steroid dienone is 2. The molecular formula is C100H137O18P3. The maximum absolute atomic E-state index is 14.7. The van der Waals surface area contributed by atoms with E-state index in [4.69, 9.17) is 42.0 Å². The van der Waals surface area contributed by atoms with E-state index in [2.05, 4.69) is 32.9 Å². The average molecular weight is 1720 g/mol. The van der Waals surface area contributed by atoms with Gasteiger partial charge in [0.25, 0.3) is 22.1 Å². The molecule has 0 bridgehead atoms. The lowest BCUT2D eigenvalue weighted by Crippen LogP contribution is -2.30. The molecule has 0 saturated carbocycles. The maximum Gasteiger partial charge on any atom is 0.306 e. The molecule has 18 nitrogen and oxygen atoms in total. The number of unbranched alkanes of at least 4 members (excludes halogenated alkanes) is 25. The first-order valence-corrected chi connectivity index (χ1v) is 51.6. The molecule has 6 aromatic carbocycles. The van der Waals surface area contributed by atoms with Gasteiger partial charge in [0.15, 0.2) is 6.10 Å². The van der Waals surface area contributed by atoms with Crippen molar-refractivity contribution in [3.8, 4) is 50.6 Å². The fourth-order valence-corrected chi connectivity index (χ4v) is 23.2. The van der Waals surface area contributed by atoms with Crippen molar-refractivity contribution >= 4 is 73.8 Å². The molecule has 6 aromatic rings. The molecule has 3 heterocycles. The Hall–Kier alpha value is -8.03. The first kappa shape index (κ1) is 96.8. The summed E-state index contributed by atoms with van der Waals surface area (Å²) in [5.74, 6) is -1.01. The summed E-state index contributed by atoms with van der Waals surface area (Å²) in [4.78, 5) is 81.4. The lowest BCUT2D eigenvalue weighted by Gasteiger charge is -2.28. The molecule has 0 saturated heterocycles. The van der Waals surface area contributed by atoms with Crippen molar-refractivity contribution in [3.05, 3.63) is 158 Å². The van der Waals surface area contributed by atoms with Crippen LogP contribution >= 0.6 is 22.1 Å². The number of ether oxygens (including phenoxy) is 6. The summed E-state index contributed by atoms with van der Waals surface area (Å²) < 4.78 is 98.3. The van der Waals surface area contributed by atoms with Crippen molar-refractivity contribution in [2.24, 2.45) is 0 Å². The Bertz CT molecular complexity index is 4340. The van der Waals surface area contributed by atoms with Gasteiger partial charge in [0.05, 0.1) is 35.2 Å². The number of hydrogen-bond acceptors (Lipinski definition) is 18. The van der Waals surface area contributed by atoms with Crippen LogP contribution in [0.15, 0.2) is 158 Å². The minimum absolute atomic E-state index is 0.00654. The monoisotopic (exact) mass is 1720 g/mol. The molecule has 9 rings (SSSR count). The molecule has 21 heteroatoms. The minimum atomic E-state index is -3.51. The second kappa shape index (κ2) is 53.9. The molecular weight excluding hydrogens is 1580 g/mol. The van der Waals surface area contributed by atoms with Gasteiger partial charge in [0, 0.05) is 54.4 Å². The fraction of sp³-hybridized carbons (Fsp3) is 0.560. The maximum atomic E-state index is 14.7. The van der Waals surface area contributed by atoms with E-state index in [1.165, 1.54) is 51.4 Å². The number of fused-ring (bicyclic) bond motifs is 9. The van der Waals surface area contributed by atoms with Gasteiger partial charge in [0.2, 0.25) is 0 Å². The number of rotatable bonds is 62. The lowest BCUT2D eigenvalue weighted by molar-refractivity contribution is -0.167. The van der Waals surface area contributed by atoms with Crippen LogP contribution in [0.25, 0.3) is 33.4 Å². The molecule has 7 atom stereocenters. The van der Waals surface area contributed by atoms with Crippen LogP contribution < -0.4 is 29.5 Å². The number of esters is 6. The molecule has 0 amide bonds. The normalized spacial score (nSPS) is 17.0. The van der Waals surface area contributed by atoms with Crippen LogP contribution in [0.3, 0.4) is 0 Å². The highest BCUT2D eigenvalue weighted by Gasteiger charge is 2.40. The number of carbonyl (C=O) groups excluding carboxylic acids is 6. The van der Waals surface area contributed by atoms with Crippen molar-refractivity contribution in [3.63, 3.8) is 0 Å². The Labute approximate surface area is 721 Å². The van der Waals surface area contributed by atoms with Gasteiger partial charge in [-0.3, -0.25) is 42.5 Å². The Morgan fingerprint density at radius 3 is 0.876 bits per heavy atom. The van der Waals surface area contributed by atoms with Crippen LogP contribution in [0.2, 0.25) is 0 Å². The van der Waals surface area contributed by atoms with Crippen molar-refractivity contribution in [2.75, 3.05) is 31.7 Å². The predicted octanol–water partition coefficient (Wildman–Crippen LogP) is 25.5. The highest BCUT2D eigenvalue weighted by molar-refractivity contribution is 7.68.